The van der Waals surface area contributed by atoms with Crippen molar-refractivity contribution in [1.29, 1.82) is 0 Å². The number of hydrogen-bond acceptors (Lipinski definition) is 6. The molecule has 0 bridgehead atoms. The summed E-state index contributed by atoms with van der Waals surface area (Å²) in [4.78, 5) is 7.64. The van der Waals surface area contributed by atoms with E-state index in [1.807, 2.05) is 0 Å². The van der Waals surface area contributed by atoms with E-state index in [1.54, 1.807) is 18.5 Å². The smallest absolute Gasteiger partial charge is 0.370 e. The molecule has 0 amide bonds. The molecule has 28 heavy (non-hydrogen) atoms. The van der Waals surface area contributed by atoms with Crippen LogP contribution in [0.3, 0.4) is 0 Å². The lowest BCUT2D eigenvalue weighted by atomic mass is 9.89. The topological polar surface area (TPSA) is 76.9 Å². The predicted molar refractivity (Wildman–Crippen MR) is 90.6 cm³/mol. The molecule has 2 aromatic rings. The molecule has 0 aromatic carbocycles. The van der Waals surface area contributed by atoms with Crippen molar-refractivity contribution in [3.8, 4) is 0 Å². The Hall–Kier alpha value is -2.50. The van der Waals surface area contributed by atoms with Gasteiger partial charge in [-0.1, -0.05) is 0 Å². The Kier molecular flexibility index (Phi) is 5.68. The molecular formula is C16H19F5N6O. The predicted octanol–water partition coefficient (Wildman–Crippen LogP) is 4.12. The first-order valence-corrected chi connectivity index (χ1v) is 8.61. The Morgan fingerprint density at radius 1 is 1.29 bits per heavy atom. The molecule has 0 saturated heterocycles. The molecule has 0 atom stereocenters. The molecule has 12 heteroatoms. The van der Waals surface area contributed by atoms with E-state index in [4.69, 9.17) is 0 Å². The third kappa shape index (κ3) is 4.32. The summed E-state index contributed by atoms with van der Waals surface area (Å²) in [5.74, 6) is -0.331. The number of rotatable bonds is 7. The number of alkyl halides is 5. The summed E-state index contributed by atoms with van der Waals surface area (Å²) in [5, 5.41) is 9.65. The fourth-order valence-electron chi connectivity index (χ4n) is 2.98. The van der Waals surface area contributed by atoms with Crippen LogP contribution in [0.15, 0.2) is 12.4 Å². The van der Waals surface area contributed by atoms with Crippen molar-refractivity contribution < 1.29 is 26.7 Å². The number of nitrogens with zero attached hydrogens (tertiary/aromatic N) is 4. The lowest BCUT2D eigenvalue weighted by Gasteiger charge is -2.35. The zero-order valence-electron chi connectivity index (χ0n) is 15.1. The SMILES string of the molecule is CCNc1nc(Nc2cnn(C3CC(OC(F)F)C3)c2C)ncc1C(F)(F)F. The summed E-state index contributed by atoms with van der Waals surface area (Å²) >= 11 is 0. The van der Waals surface area contributed by atoms with Crippen molar-refractivity contribution in [3.05, 3.63) is 23.7 Å². The van der Waals surface area contributed by atoms with E-state index in [1.165, 1.54) is 6.20 Å². The van der Waals surface area contributed by atoms with Crippen LogP contribution < -0.4 is 10.6 Å². The average molecular weight is 406 g/mol. The van der Waals surface area contributed by atoms with Crippen molar-refractivity contribution in [2.24, 2.45) is 0 Å². The van der Waals surface area contributed by atoms with Gasteiger partial charge in [-0.05, 0) is 26.7 Å². The van der Waals surface area contributed by atoms with Crippen LogP contribution >= 0.6 is 0 Å². The minimum absolute atomic E-state index is 0.0147. The van der Waals surface area contributed by atoms with Crippen LogP contribution in [0.5, 0.6) is 0 Å². The van der Waals surface area contributed by atoms with Gasteiger partial charge in [0.1, 0.15) is 11.4 Å². The van der Waals surface area contributed by atoms with Crippen molar-refractivity contribution in [1.82, 2.24) is 19.7 Å². The Morgan fingerprint density at radius 2 is 2.00 bits per heavy atom. The van der Waals surface area contributed by atoms with E-state index in [-0.39, 0.29) is 24.4 Å². The zero-order chi connectivity index (χ0) is 20.5. The van der Waals surface area contributed by atoms with Gasteiger partial charge in [0.2, 0.25) is 5.95 Å². The van der Waals surface area contributed by atoms with Crippen LogP contribution in [0, 0.1) is 6.92 Å². The number of aromatic nitrogens is 4. The second-order valence-electron chi connectivity index (χ2n) is 6.34. The van der Waals surface area contributed by atoms with Gasteiger partial charge in [0, 0.05) is 12.7 Å². The minimum Gasteiger partial charge on any atom is -0.370 e. The van der Waals surface area contributed by atoms with Gasteiger partial charge < -0.3 is 15.4 Å². The second-order valence-corrected chi connectivity index (χ2v) is 6.34. The first-order chi connectivity index (χ1) is 13.2. The highest BCUT2D eigenvalue weighted by Gasteiger charge is 2.36. The lowest BCUT2D eigenvalue weighted by Crippen LogP contribution is -2.35. The Bertz CT molecular complexity index is 818. The Labute approximate surface area is 157 Å². The van der Waals surface area contributed by atoms with Gasteiger partial charge in [-0.25, -0.2) is 4.98 Å². The minimum atomic E-state index is -4.57. The van der Waals surface area contributed by atoms with E-state index in [9.17, 15) is 22.0 Å². The molecule has 7 nitrogen and oxygen atoms in total. The monoisotopic (exact) mass is 406 g/mol. The quantitative estimate of drug-likeness (QED) is 0.674. The fourth-order valence-corrected chi connectivity index (χ4v) is 2.98. The van der Waals surface area contributed by atoms with Gasteiger partial charge in [0.15, 0.2) is 0 Å². The molecule has 2 heterocycles. The van der Waals surface area contributed by atoms with Crippen LogP contribution in [0.2, 0.25) is 0 Å². The zero-order valence-corrected chi connectivity index (χ0v) is 15.1. The third-order valence-corrected chi connectivity index (χ3v) is 4.44. The van der Waals surface area contributed by atoms with Gasteiger partial charge >= 0.3 is 12.8 Å². The number of anilines is 3. The Morgan fingerprint density at radius 3 is 2.61 bits per heavy atom. The van der Waals surface area contributed by atoms with E-state index in [0.717, 1.165) is 0 Å². The molecule has 1 fully saturated rings. The highest BCUT2D eigenvalue weighted by Crippen LogP contribution is 2.37. The molecule has 0 radical (unpaired) electrons. The fraction of sp³-hybridized carbons (Fsp3) is 0.562. The van der Waals surface area contributed by atoms with Crippen molar-refractivity contribution in [2.45, 2.75) is 51.6 Å². The number of halogens is 5. The second kappa shape index (κ2) is 7.86. The highest BCUT2D eigenvalue weighted by atomic mass is 19.4. The van der Waals surface area contributed by atoms with E-state index in [0.29, 0.717) is 30.4 Å². The van der Waals surface area contributed by atoms with Gasteiger partial charge in [-0.3, -0.25) is 4.68 Å². The van der Waals surface area contributed by atoms with Gasteiger partial charge in [-0.2, -0.15) is 32.0 Å². The number of hydrogen-bond donors (Lipinski definition) is 2. The molecule has 3 rings (SSSR count). The summed E-state index contributed by atoms with van der Waals surface area (Å²) in [6.45, 7) is 0.878. The maximum Gasteiger partial charge on any atom is 0.421 e. The number of ether oxygens (including phenoxy) is 1. The average Bonchev–Trinajstić information content (AvgIpc) is 2.90. The molecule has 1 aliphatic carbocycles. The van der Waals surface area contributed by atoms with Crippen molar-refractivity contribution >= 4 is 17.5 Å². The summed E-state index contributed by atoms with van der Waals surface area (Å²) in [5.41, 5.74) is 0.251. The lowest BCUT2D eigenvalue weighted by molar-refractivity contribution is -0.189. The van der Waals surface area contributed by atoms with Crippen LogP contribution in [0.1, 0.15) is 37.1 Å². The van der Waals surface area contributed by atoms with Gasteiger partial charge in [-0.15, -0.1) is 0 Å². The van der Waals surface area contributed by atoms with Gasteiger partial charge in [0.25, 0.3) is 0 Å². The standard InChI is InChI=1S/C16H19F5N6O/c1-3-22-13-11(16(19,20)21)6-23-15(26-13)25-12-7-24-27(8(12)2)9-4-10(5-9)28-14(17)18/h6-7,9-10,14H,3-5H2,1-2H3,(H2,22,23,25,26). The highest BCUT2D eigenvalue weighted by molar-refractivity contribution is 5.58. The molecule has 154 valence electrons. The van der Waals surface area contributed by atoms with Crippen LogP contribution in [-0.2, 0) is 10.9 Å². The largest absolute Gasteiger partial charge is 0.421 e. The summed E-state index contributed by atoms with van der Waals surface area (Å²) < 4.78 is 69.6. The Balaban J connectivity index is 1.73. The maximum atomic E-state index is 13.0. The third-order valence-electron chi connectivity index (χ3n) is 4.44. The summed E-state index contributed by atoms with van der Waals surface area (Å²) in [6.07, 6.45) is -2.05. The van der Waals surface area contributed by atoms with Crippen molar-refractivity contribution in [2.75, 3.05) is 17.2 Å². The van der Waals surface area contributed by atoms with E-state index < -0.39 is 24.5 Å². The van der Waals surface area contributed by atoms with Crippen molar-refractivity contribution in [3.63, 3.8) is 0 Å². The van der Waals surface area contributed by atoms with Crippen LogP contribution in [0.4, 0.5) is 39.4 Å². The van der Waals surface area contributed by atoms with Crippen LogP contribution in [-0.4, -0.2) is 39.0 Å². The molecule has 0 spiro atoms. The summed E-state index contributed by atoms with van der Waals surface area (Å²) in [6, 6.07) is -0.0786. The summed E-state index contributed by atoms with van der Waals surface area (Å²) in [7, 11) is 0. The number of nitrogens with one attached hydrogen (secondary N) is 2. The first kappa shape index (κ1) is 20.2. The molecule has 1 aliphatic rings. The normalized spacial score (nSPS) is 19.6. The first-order valence-electron chi connectivity index (χ1n) is 8.61. The molecule has 2 aromatic heterocycles. The molecular weight excluding hydrogens is 387 g/mol. The molecule has 0 unspecified atom stereocenters. The molecule has 0 aliphatic heterocycles. The molecule has 2 N–H and O–H groups in total. The maximum absolute atomic E-state index is 13.0. The van der Waals surface area contributed by atoms with E-state index >= 15 is 0 Å². The van der Waals surface area contributed by atoms with E-state index in [2.05, 4.69) is 30.4 Å². The van der Waals surface area contributed by atoms with Crippen LogP contribution in [0.25, 0.3) is 0 Å². The van der Waals surface area contributed by atoms with Gasteiger partial charge in [0.05, 0.1) is 29.7 Å². The molecule has 1 saturated carbocycles.